The molecule has 0 aromatic heterocycles. The summed E-state index contributed by atoms with van der Waals surface area (Å²) in [6.45, 7) is -0.486. The van der Waals surface area contributed by atoms with Gasteiger partial charge in [0.25, 0.3) is 0 Å². The molecule has 0 aliphatic carbocycles. The molecule has 1 aliphatic rings. The minimum atomic E-state index is -3.78. The highest BCUT2D eigenvalue weighted by Crippen LogP contribution is 2.31. The lowest BCUT2D eigenvalue weighted by molar-refractivity contribution is -0.140. The van der Waals surface area contributed by atoms with Gasteiger partial charge in [0.1, 0.15) is 12.4 Å². The summed E-state index contributed by atoms with van der Waals surface area (Å²) >= 11 is 0. The van der Waals surface area contributed by atoms with Crippen molar-refractivity contribution in [3.63, 3.8) is 0 Å². The summed E-state index contributed by atoms with van der Waals surface area (Å²) in [5, 5.41) is 0. The number of nitrogens with zero attached hydrogens (tertiary/aromatic N) is 1. The molecule has 0 saturated carbocycles. The van der Waals surface area contributed by atoms with Crippen molar-refractivity contribution < 1.29 is 40.6 Å². The van der Waals surface area contributed by atoms with Crippen LogP contribution in [0.15, 0.2) is 39.3 Å². The Morgan fingerprint density at radius 3 is 1.86 bits per heavy atom. The summed E-state index contributed by atoms with van der Waals surface area (Å²) in [4.78, 5) is 25.0. The van der Waals surface area contributed by atoms with Crippen LogP contribution in [-0.2, 0) is 43.5 Å². The molecule has 0 bridgehead atoms. The van der Waals surface area contributed by atoms with Gasteiger partial charge in [0.15, 0.2) is 19.7 Å². The van der Waals surface area contributed by atoms with E-state index in [2.05, 4.69) is 4.74 Å². The molecule has 0 N–H and O–H groups in total. The van der Waals surface area contributed by atoms with Crippen molar-refractivity contribution in [1.82, 2.24) is 0 Å². The number of carbonyl (C=O) groups excluding carboxylic acids is 2. The van der Waals surface area contributed by atoms with Crippen LogP contribution in [0.25, 0.3) is 0 Å². The van der Waals surface area contributed by atoms with Crippen LogP contribution in [0.2, 0.25) is 0 Å². The summed E-state index contributed by atoms with van der Waals surface area (Å²) in [5.41, 5.74) is -0.359. The van der Waals surface area contributed by atoms with E-state index in [0.717, 1.165) is 37.7 Å². The Balaban J connectivity index is 2.80. The highest BCUT2D eigenvalue weighted by atomic mass is 32.2. The normalized spacial score (nSPS) is 15.4. The van der Waals surface area contributed by atoms with Crippen molar-refractivity contribution in [2.75, 3.05) is 45.0 Å². The van der Waals surface area contributed by atoms with Crippen molar-refractivity contribution in [3.8, 4) is 0 Å². The van der Waals surface area contributed by atoms with Crippen LogP contribution in [0.1, 0.15) is 0 Å². The lowest BCUT2D eigenvalue weighted by Crippen LogP contribution is -2.39. The Morgan fingerprint density at radius 1 is 0.929 bits per heavy atom. The van der Waals surface area contributed by atoms with Gasteiger partial charge in [-0.15, -0.1) is 0 Å². The molecule has 0 spiro atoms. The van der Waals surface area contributed by atoms with E-state index < -0.39 is 31.6 Å². The zero-order chi connectivity index (χ0) is 21.3. The van der Waals surface area contributed by atoms with Crippen LogP contribution in [-0.4, -0.2) is 68.8 Å². The van der Waals surface area contributed by atoms with E-state index in [0.29, 0.717) is 0 Å². The maximum Gasteiger partial charge on any atom is 0.355 e. The van der Waals surface area contributed by atoms with Gasteiger partial charge in [-0.3, -0.25) is 0 Å². The molecule has 1 heterocycles. The highest BCUT2D eigenvalue weighted by molar-refractivity contribution is 7.91. The fraction of sp³-hybridized carbons (Fsp3) is 0.375. The van der Waals surface area contributed by atoms with Crippen molar-refractivity contribution >= 4 is 37.3 Å². The second kappa shape index (κ2) is 7.89. The van der Waals surface area contributed by atoms with E-state index in [1.54, 1.807) is 0 Å². The summed E-state index contributed by atoms with van der Waals surface area (Å²) < 4.78 is 62.7. The largest absolute Gasteiger partial charge is 0.466 e. The van der Waals surface area contributed by atoms with Crippen LogP contribution < -0.4 is 4.90 Å². The number of rotatable bonds is 5. The summed E-state index contributed by atoms with van der Waals surface area (Å²) in [6, 6.07) is 3.37. The van der Waals surface area contributed by atoms with Gasteiger partial charge < -0.3 is 19.1 Å². The third-order valence-electron chi connectivity index (χ3n) is 3.87. The monoisotopic (exact) mass is 433 g/mol. The SMILES string of the molecule is COC(=O)C1=C(C(=O)OC)N(c2cc(S(C)(=O)=O)cc(S(C)(=O)=O)c2)COC1. The van der Waals surface area contributed by atoms with E-state index in [-0.39, 0.29) is 40.1 Å². The van der Waals surface area contributed by atoms with Crippen LogP contribution in [0.5, 0.6) is 0 Å². The molecule has 0 fully saturated rings. The average molecular weight is 433 g/mol. The first kappa shape index (κ1) is 21.9. The fourth-order valence-electron chi connectivity index (χ4n) is 2.49. The lowest BCUT2D eigenvalue weighted by Gasteiger charge is -2.31. The van der Waals surface area contributed by atoms with Gasteiger partial charge in [0.2, 0.25) is 0 Å². The Bertz CT molecular complexity index is 1010. The summed E-state index contributed by atoms with van der Waals surface area (Å²) in [5.74, 6) is -1.73. The van der Waals surface area contributed by atoms with Crippen LogP contribution in [0.3, 0.4) is 0 Å². The lowest BCUT2D eigenvalue weighted by atomic mass is 10.1. The Labute approximate surface area is 162 Å². The number of hydrogen-bond donors (Lipinski definition) is 0. The molecule has 0 saturated heterocycles. The molecule has 0 radical (unpaired) electrons. The van der Waals surface area contributed by atoms with E-state index >= 15 is 0 Å². The molecule has 0 unspecified atom stereocenters. The molecule has 0 amide bonds. The molecule has 1 aromatic carbocycles. The third-order valence-corrected chi connectivity index (χ3v) is 6.05. The van der Waals surface area contributed by atoms with Gasteiger partial charge >= 0.3 is 11.9 Å². The minimum absolute atomic E-state index is 0.0184. The van der Waals surface area contributed by atoms with Gasteiger partial charge in [-0.05, 0) is 18.2 Å². The van der Waals surface area contributed by atoms with Gasteiger partial charge in [-0.2, -0.15) is 0 Å². The number of hydrogen-bond acceptors (Lipinski definition) is 10. The molecule has 0 atom stereocenters. The minimum Gasteiger partial charge on any atom is -0.466 e. The molecular formula is C16H19NO9S2. The van der Waals surface area contributed by atoms with Crippen LogP contribution in [0, 0.1) is 0 Å². The maximum atomic E-state index is 12.3. The number of anilines is 1. The second-order valence-corrected chi connectivity index (χ2v) is 9.95. The van der Waals surface area contributed by atoms with Gasteiger partial charge in [0, 0.05) is 18.2 Å². The number of benzene rings is 1. The second-order valence-electron chi connectivity index (χ2n) is 5.92. The van der Waals surface area contributed by atoms with E-state index in [9.17, 15) is 26.4 Å². The van der Waals surface area contributed by atoms with Crippen molar-refractivity contribution in [1.29, 1.82) is 0 Å². The van der Waals surface area contributed by atoms with Crippen molar-refractivity contribution in [2.45, 2.75) is 9.79 Å². The number of esters is 2. The third kappa shape index (κ3) is 4.51. The first-order valence-electron chi connectivity index (χ1n) is 7.70. The number of carbonyl (C=O) groups is 2. The average Bonchev–Trinajstić information content (AvgIpc) is 2.64. The first-order chi connectivity index (χ1) is 12.9. The zero-order valence-electron chi connectivity index (χ0n) is 15.6. The molecule has 10 nitrogen and oxygen atoms in total. The predicted octanol–water partition coefficient (Wildman–Crippen LogP) is -0.112. The van der Waals surface area contributed by atoms with Crippen molar-refractivity contribution in [2.24, 2.45) is 0 Å². The molecule has 12 heteroatoms. The molecule has 154 valence electrons. The summed E-state index contributed by atoms with van der Waals surface area (Å²) in [7, 11) is -5.34. The number of methoxy groups -OCH3 is 2. The molecular weight excluding hydrogens is 414 g/mol. The van der Waals surface area contributed by atoms with Gasteiger partial charge in [-0.25, -0.2) is 26.4 Å². The Hall–Kier alpha value is -2.44. The van der Waals surface area contributed by atoms with Gasteiger partial charge in [-0.1, -0.05) is 0 Å². The highest BCUT2D eigenvalue weighted by Gasteiger charge is 2.33. The van der Waals surface area contributed by atoms with Crippen molar-refractivity contribution in [3.05, 3.63) is 29.5 Å². The Kier molecular flexibility index (Phi) is 6.16. The fourth-order valence-corrected chi connectivity index (χ4v) is 3.91. The van der Waals surface area contributed by atoms with E-state index in [1.807, 2.05) is 0 Å². The van der Waals surface area contributed by atoms with E-state index in [1.165, 1.54) is 12.1 Å². The Morgan fingerprint density at radius 2 is 1.43 bits per heavy atom. The smallest absolute Gasteiger partial charge is 0.355 e. The standard InChI is InChI=1S/C16H19NO9S2/c1-24-15(18)13-8-26-9-17(14(13)16(19)25-2)10-5-11(27(3,20)21)7-12(6-10)28(4,22)23/h5-7H,8-9H2,1-4H3. The maximum absolute atomic E-state index is 12.3. The zero-order valence-corrected chi connectivity index (χ0v) is 17.2. The molecule has 28 heavy (non-hydrogen) atoms. The predicted molar refractivity (Wildman–Crippen MR) is 97.0 cm³/mol. The molecule has 2 rings (SSSR count). The number of sulfone groups is 2. The first-order valence-corrected chi connectivity index (χ1v) is 11.5. The van der Waals surface area contributed by atoms with E-state index in [4.69, 9.17) is 9.47 Å². The van der Waals surface area contributed by atoms with Gasteiger partial charge in [0.05, 0.1) is 36.2 Å². The van der Waals surface area contributed by atoms with Crippen LogP contribution >= 0.6 is 0 Å². The van der Waals surface area contributed by atoms with Crippen LogP contribution in [0.4, 0.5) is 5.69 Å². The summed E-state index contributed by atoms with van der Waals surface area (Å²) in [6.07, 6.45) is 1.84. The number of ether oxygens (including phenoxy) is 3. The quantitative estimate of drug-likeness (QED) is 0.579. The topological polar surface area (TPSA) is 133 Å². The molecule has 1 aromatic rings. The molecule has 1 aliphatic heterocycles.